The lowest BCUT2D eigenvalue weighted by Crippen LogP contribution is -1.99. The van der Waals surface area contributed by atoms with Gasteiger partial charge in [-0.1, -0.05) is 24.3 Å². The van der Waals surface area contributed by atoms with Gasteiger partial charge < -0.3 is 14.6 Å². The highest BCUT2D eigenvalue weighted by Gasteiger charge is 2.17. The molecule has 0 aromatic heterocycles. The molecule has 14 heavy (non-hydrogen) atoms. The van der Waals surface area contributed by atoms with E-state index in [1.165, 1.54) is 0 Å². The zero-order chi connectivity index (χ0) is 9.80. The lowest BCUT2D eigenvalue weighted by molar-refractivity contribution is -0.0441. The Kier molecular flexibility index (Phi) is 3.14. The van der Waals surface area contributed by atoms with Gasteiger partial charge in [0, 0.05) is 12.2 Å². The summed E-state index contributed by atoms with van der Waals surface area (Å²) in [6.45, 7) is 1.50. The largest absolute Gasteiger partial charge is 0.396 e. The van der Waals surface area contributed by atoms with Crippen LogP contribution in [-0.4, -0.2) is 24.9 Å². The Balaban J connectivity index is 2.12. The summed E-state index contributed by atoms with van der Waals surface area (Å²) in [6, 6.07) is 7.96. The molecule has 1 N–H and O–H groups in total. The first kappa shape index (κ1) is 9.65. The highest BCUT2D eigenvalue weighted by atomic mass is 16.7. The topological polar surface area (TPSA) is 38.7 Å². The van der Waals surface area contributed by atoms with Gasteiger partial charge in [-0.3, -0.25) is 0 Å². The van der Waals surface area contributed by atoms with Gasteiger partial charge in [0.05, 0.1) is 13.2 Å². The van der Waals surface area contributed by atoms with Crippen molar-refractivity contribution in [3.63, 3.8) is 0 Å². The van der Waals surface area contributed by atoms with E-state index in [1.54, 1.807) is 0 Å². The molecular weight excluding hydrogens is 180 g/mol. The fourth-order valence-corrected chi connectivity index (χ4v) is 1.58. The Morgan fingerprint density at radius 1 is 1.29 bits per heavy atom. The lowest BCUT2D eigenvalue weighted by atomic mass is 10.1. The molecule has 2 rings (SSSR count). The van der Waals surface area contributed by atoms with Crippen molar-refractivity contribution in [1.82, 2.24) is 0 Å². The number of aliphatic hydroxyl groups excluding tert-OH is 1. The second-order valence-electron chi connectivity index (χ2n) is 3.29. The van der Waals surface area contributed by atoms with Crippen LogP contribution in [-0.2, 0) is 15.9 Å². The van der Waals surface area contributed by atoms with Gasteiger partial charge >= 0.3 is 0 Å². The number of aliphatic hydroxyl groups is 1. The molecule has 0 atom stereocenters. The van der Waals surface area contributed by atoms with E-state index in [9.17, 15) is 0 Å². The fraction of sp³-hybridized carbons (Fsp3) is 0.455. The van der Waals surface area contributed by atoms with Crippen LogP contribution in [0.15, 0.2) is 24.3 Å². The maximum absolute atomic E-state index is 8.81. The number of hydrogen-bond acceptors (Lipinski definition) is 3. The molecule has 1 heterocycles. The van der Waals surface area contributed by atoms with Gasteiger partial charge in [0.25, 0.3) is 0 Å². The summed E-state index contributed by atoms with van der Waals surface area (Å²) in [6.07, 6.45) is 0.467. The minimum atomic E-state index is -0.214. The molecule has 1 saturated heterocycles. The van der Waals surface area contributed by atoms with Crippen molar-refractivity contribution in [2.45, 2.75) is 12.7 Å². The highest BCUT2D eigenvalue weighted by Crippen LogP contribution is 2.23. The minimum absolute atomic E-state index is 0.176. The quantitative estimate of drug-likeness (QED) is 0.787. The summed E-state index contributed by atoms with van der Waals surface area (Å²) in [7, 11) is 0. The summed E-state index contributed by atoms with van der Waals surface area (Å²) in [4.78, 5) is 0. The van der Waals surface area contributed by atoms with Crippen LogP contribution in [0.5, 0.6) is 0 Å². The van der Waals surface area contributed by atoms with Crippen molar-refractivity contribution < 1.29 is 14.6 Å². The van der Waals surface area contributed by atoms with E-state index in [1.807, 2.05) is 24.3 Å². The van der Waals surface area contributed by atoms with Crippen molar-refractivity contribution in [3.8, 4) is 0 Å². The van der Waals surface area contributed by atoms with Crippen LogP contribution in [0.3, 0.4) is 0 Å². The van der Waals surface area contributed by atoms with Crippen LogP contribution in [0.4, 0.5) is 0 Å². The molecule has 0 aliphatic carbocycles. The molecule has 1 aromatic carbocycles. The molecule has 1 aromatic rings. The summed E-state index contributed by atoms with van der Waals surface area (Å²) < 4.78 is 10.8. The summed E-state index contributed by atoms with van der Waals surface area (Å²) in [5, 5.41) is 8.81. The average molecular weight is 194 g/mol. The molecule has 0 amide bonds. The molecule has 76 valence electrons. The molecule has 3 heteroatoms. The van der Waals surface area contributed by atoms with Gasteiger partial charge in [-0.2, -0.15) is 0 Å². The monoisotopic (exact) mass is 194 g/mol. The first-order valence-electron chi connectivity index (χ1n) is 4.83. The average Bonchev–Trinajstić information content (AvgIpc) is 2.71. The molecule has 1 aliphatic heterocycles. The fourth-order valence-electron chi connectivity index (χ4n) is 1.58. The third kappa shape index (κ3) is 2.12. The standard InChI is InChI=1S/C11H14O3/c12-5-4-9-2-1-3-10(8-9)11-13-6-7-14-11/h1-3,8,11-12H,4-7H2. The van der Waals surface area contributed by atoms with Crippen LogP contribution in [0.1, 0.15) is 17.4 Å². The van der Waals surface area contributed by atoms with Crippen molar-refractivity contribution in [1.29, 1.82) is 0 Å². The molecule has 1 fully saturated rings. The SMILES string of the molecule is OCCc1cccc(C2OCCO2)c1. The minimum Gasteiger partial charge on any atom is -0.396 e. The maximum atomic E-state index is 8.81. The first-order chi connectivity index (χ1) is 6.90. The van der Waals surface area contributed by atoms with Crippen LogP contribution < -0.4 is 0 Å². The van der Waals surface area contributed by atoms with E-state index >= 15 is 0 Å². The number of benzene rings is 1. The molecular formula is C11H14O3. The zero-order valence-corrected chi connectivity index (χ0v) is 7.98. The molecule has 0 spiro atoms. The van der Waals surface area contributed by atoms with Gasteiger partial charge in [-0.15, -0.1) is 0 Å². The van der Waals surface area contributed by atoms with Crippen molar-refractivity contribution >= 4 is 0 Å². The zero-order valence-electron chi connectivity index (χ0n) is 7.98. The van der Waals surface area contributed by atoms with E-state index in [-0.39, 0.29) is 12.9 Å². The smallest absolute Gasteiger partial charge is 0.184 e. The van der Waals surface area contributed by atoms with Gasteiger partial charge in [0.15, 0.2) is 6.29 Å². The van der Waals surface area contributed by atoms with Gasteiger partial charge in [-0.05, 0) is 12.0 Å². The van der Waals surface area contributed by atoms with Crippen LogP contribution in [0.25, 0.3) is 0 Å². The Morgan fingerprint density at radius 2 is 2.07 bits per heavy atom. The van der Waals surface area contributed by atoms with Gasteiger partial charge in [0.2, 0.25) is 0 Å². The third-order valence-electron chi connectivity index (χ3n) is 2.25. The van der Waals surface area contributed by atoms with E-state index in [2.05, 4.69) is 0 Å². The summed E-state index contributed by atoms with van der Waals surface area (Å²) in [5.41, 5.74) is 2.15. The van der Waals surface area contributed by atoms with Gasteiger partial charge in [0.1, 0.15) is 0 Å². The molecule has 3 nitrogen and oxygen atoms in total. The Hall–Kier alpha value is -0.900. The molecule has 0 bridgehead atoms. The third-order valence-corrected chi connectivity index (χ3v) is 2.25. The Labute approximate surface area is 83.3 Å². The number of hydrogen-bond donors (Lipinski definition) is 1. The molecule has 0 unspecified atom stereocenters. The van der Waals surface area contributed by atoms with Crippen LogP contribution in [0.2, 0.25) is 0 Å². The Morgan fingerprint density at radius 3 is 2.79 bits per heavy atom. The predicted octanol–water partition coefficient (Wildman–Crippen LogP) is 1.27. The van der Waals surface area contributed by atoms with Crippen molar-refractivity contribution in [2.75, 3.05) is 19.8 Å². The summed E-state index contributed by atoms with van der Waals surface area (Å²) >= 11 is 0. The number of ether oxygens (including phenoxy) is 2. The summed E-state index contributed by atoms with van der Waals surface area (Å²) in [5.74, 6) is 0. The predicted molar refractivity (Wildman–Crippen MR) is 51.9 cm³/mol. The van der Waals surface area contributed by atoms with E-state index in [0.717, 1.165) is 11.1 Å². The van der Waals surface area contributed by atoms with E-state index in [0.29, 0.717) is 19.6 Å². The molecule has 0 radical (unpaired) electrons. The maximum Gasteiger partial charge on any atom is 0.184 e. The normalized spacial score (nSPS) is 17.5. The molecule has 0 saturated carbocycles. The first-order valence-corrected chi connectivity index (χ1v) is 4.83. The van der Waals surface area contributed by atoms with Crippen molar-refractivity contribution in [2.24, 2.45) is 0 Å². The van der Waals surface area contributed by atoms with E-state index in [4.69, 9.17) is 14.6 Å². The second-order valence-corrected chi connectivity index (χ2v) is 3.29. The molecule has 1 aliphatic rings. The van der Waals surface area contributed by atoms with Crippen LogP contribution in [0, 0.1) is 0 Å². The second kappa shape index (κ2) is 4.55. The van der Waals surface area contributed by atoms with E-state index < -0.39 is 0 Å². The highest BCUT2D eigenvalue weighted by molar-refractivity contribution is 5.24. The van der Waals surface area contributed by atoms with Gasteiger partial charge in [-0.25, -0.2) is 0 Å². The number of rotatable bonds is 3. The Bertz CT molecular complexity index is 292. The van der Waals surface area contributed by atoms with Crippen LogP contribution >= 0.6 is 0 Å². The van der Waals surface area contributed by atoms with Crippen molar-refractivity contribution in [3.05, 3.63) is 35.4 Å². The lowest BCUT2D eigenvalue weighted by Gasteiger charge is -2.10.